The van der Waals surface area contributed by atoms with Crippen molar-refractivity contribution in [3.8, 4) is 5.75 Å². The SMILES string of the molecule is COc1ccc(CNc2ccc(C(=O)NCc3ccccc3)nn2)cc1. The Hall–Kier alpha value is -3.41. The molecule has 6 heteroatoms. The van der Waals surface area contributed by atoms with Gasteiger partial charge in [0.25, 0.3) is 5.91 Å². The Morgan fingerprint density at radius 3 is 2.27 bits per heavy atom. The van der Waals surface area contributed by atoms with E-state index in [1.807, 2.05) is 54.6 Å². The number of carbonyl (C=O) groups excluding carboxylic acids is 1. The molecule has 6 nitrogen and oxygen atoms in total. The van der Waals surface area contributed by atoms with Crippen LogP contribution in [-0.4, -0.2) is 23.2 Å². The van der Waals surface area contributed by atoms with E-state index in [2.05, 4.69) is 20.8 Å². The summed E-state index contributed by atoms with van der Waals surface area (Å²) in [7, 11) is 1.64. The fourth-order valence-corrected chi connectivity index (χ4v) is 2.35. The highest BCUT2D eigenvalue weighted by Gasteiger charge is 2.08. The van der Waals surface area contributed by atoms with Gasteiger partial charge in [-0.05, 0) is 35.4 Å². The molecule has 0 atom stereocenters. The lowest BCUT2D eigenvalue weighted by atomic mass is 10.2. The van der Waals surface area contributed by atoms with Crippen molar-refractivity contribution in [3.05, 3.63) is 83.6 Å². The fourth-order valence-electron chi connectivity index (χ4n) is 2.35. The van der Waals surface area contributed by atoms with Crippen LogP contribution in [-0.2, 0) is 13.1 Å². The van der Waals surface area contributed by atoms with Gasteiger partial charge in [0.1, 0.15) is 11.6 Å². The second-order valence-corrected chi connectivity index (χ2v) is 5.67. The Kier molecular flexibility index (Phi) is 5.77. The van der Waals surface area contributed by atoms with Crippen molar-refractivity contribution < 1.29 is 9.53 Å². The van der Waals surface area contributed by atoms with Crippen molar-refractivity contribution in [2.75, 3.05) is 12.4 Å². The number of methoxy groups -OCH3 is 1. The number of hydrogen-bond donors (Lipinski definition) is 2. The van der Waals surface area contributed by atoms with Crippen molar-refractivity contribution >= 4 is 11.7 Å². The number of nitrogens with zero attached hydrogens (tertiary/aromatic N) is 2. The molecule has 3 aromatic rings. The van der Waals surface area contributed by atoms with Crippen molar-refractivity contribution in [1.29, 1.82) is 0 Å². The third kappa shape index (κ3) is 4.80. The van der Waals surface area contributed by atoms with E-state index in [4.69, 9.17) is 4.74 Å². The number of hydrogen-bond acceptors (Lipinski definition) is 5. The van der Waals surface area contributed by atoms with Crippen LogP contribution in [0.5, 0.6) is 5.75 Å². The summed E-state index contributed by atoms with van der Waals surface area (Å²) >= 11 is 0. The van der Waals surface area contributed by atoms with Gasteiger partial charge in [-0.3, -0.25) is 4.79 Å². The molecule has 0 saturated carbocycles. The maximum atomic E-state index is 12.1. The Morgan fingerprint density at radius 2 is 1.62 bits per heavy atom. The van der Waals surface area contributed by atoms with Gasteiger partial charge in [0, 0.05) is 13.1 Å². The normalized spacial score (nSPS) is 10.2. The molecule has 0 radical (unpaired) electrons. The highest BCUT2D eigenvalue weighted by atomic mass is 16.5. The van der Waals surface area contributed by atoms with Gasteiger partial charge < -0.3 is 15.4 Å². The zero-order valence-corrected chi connectivity index (χ0v) is 14.5. The molecule has 0 saturated heterocycles. The summed E-state index contributed by atoms with van der Waals surface area (Å²) in [6.07, 6.45) is 0. The van der Waals surface area contributed by atoms with Crippen LogP contribution in [0.1, 0.15) is 21.6 Å². The van der Waals surface area contributed by atoms with E-state index >= 15 is 0 Å². The second-order valence-electron chi connectivity index (χ2n) is 5.67. The molecule has 2 N–H and O–H groups in total. The number of benzene rings is 2. The third-order valence-electron chi connectivity index (χ3n) is 3.83. The highest BCUT2D eigenvalue weighted by molar-refractivity contribution is 5.92. The first kappa shape index (κ1) is 17.4. The average molecular weight is 348 g/mol. The minimum atomic E-state index is -0.247. The molecule has 3 rings (SSSR count). The predicted octanol–water partition coefficient (Wildman–Crippen LogP) is 3.03. The highest BCUT2D eigenvalue weighted by Crippen LogP contribution is 2.12. The van der Waals surface area contributed by atoms with Gasteiger partial charge >= 0.3 is 0 Å². The molecule has 0 unspecified atom stereocenters. The monoisotopic (exact) mass is 348 g/mol. The number of carbonyl (C=O) groups is 1. The molecular weight excluding hydrogens is 328 g/mol. The van der Waals surface area contributed by atoms with Crippen molar-refractivity contribution in [3.63, 3.8) is 0 Å². The maximum absolute atomic E-state index is 12.1. The molecule has 1 aromatic heterocycles. The summed E-state index contributed by atoms with van der Waals surface area (Å²) in [5.74, 6) is 1.18. The first-order chi connectivity index (χ1) is 12.7. The standard InChI is InChI=1S/C20H20N4O2/c1-26-17-9-7-16(8-10-17)13-21-19-12-11-18(23-24-19)20(25)22-14-15-5-3-2-4-6-15/h2-12H,13-14H2,1H3,(H,21,24)(H,22,25). The molecule has 26 heavy (non-hydrogen) atoms. The summed E-state index contributed by atoms with van der Waals surface area (Å²) < 4.78 is 5.13. The van der Waals surface area contributed by atoms with Gasteiger partial charge in [0.15, 0.2) is 5.69 Å². The summed E-state index contributed by atoms with van der Waals surface area (Å²) in [4.78, 5) is 12.1. The molecule has 132 valence electrons. The van der Waals surface area contributed by atoms with Gasteiger partial charge in [-0.1, -0.05) is 42.5 Å². The number of amides is 1. The lowest BCUT2D eigenvalue weighted by molar-refractivity contribution is 0.0945. The summed E-state index contributed by atoms with van der Waals surface area (Å²) in [6, 6.07) is 20.9. The largest absolute Gasteiger partial charge is 0.497 e. The van der Waals surface area contributed by atoms with Crippen molar-refractivity contribution in [2.45, 2.75) is 13.1 Å². The van der Waals surface area contributed by atoms with E-state index < -0.39 is 0 Å². The van der Waals surface area contributed by atoms with Crippen LogP contribution in [0.25, 0.3) is 0 Å². The fraction of sp³-hybridized carbons (Fsp3) is 0.150. The zero-order chi connectivity index (χ0) is 18.2. The molecular formula is C20H20N4O2. The first-order valence-corrected chi connectivity index (χ1v) is 8.27. The van der Waals surface area contributed by atoms with E-state index in [1.54, 1.807) is 19.2 Å². The van der Waals surface area contributed by atoms with Gasteiger partial charge in [0.05, 0.1) is 7.11 Å². The molecule has 0 aliphatic carbocycles. The minimum absolute atomic E-state index is 0.247. The number of anilines is 1. The second kappa shape index (κ2) is 8.62. The van der Waals surface area contributed by atoms with Gasteiger partial charge in [-0.25, -0.2) is 0 Å². The smallest absolute Gasteiger partial charge is 0.272 e. The van der Waals surface area contributed by atoms with Crippen molar-refractivity contribution in [2.24, 2.45) is 0 Å². The van der Waals surface area contributed by atoms with Crippen LogP contribution >= 0.6 is 0 Å². The first-order valence-electron chi connectivity index (χ1n) is 8.27. The number of ether oxygens (including phenoxy) is 1. The van der Waals surface area contributed by atoms with Crippen LogP contribution in [0.3, 0.4) is 0 Å². The van der Waals surface area contributed by atoms with E-state index in [-0.39, 0.29) is 11.6 Å². The number of rotatable bonds is 7. The Balaban J connectivity index is 1.51. The van der Waals surface area contributed by atoms with Crippen LogP contribution in [0, 0.1) is 0 Å². The molecule has 0 aliphatic heterocycles. The Bertz CT molecular complexity index is 834. The Morgan fingerprint density at radius 1 is 0.885 bits per heavy atom. The van der Waals surface area contributed by atoms with E-state index in [1.165, 1.54) is 0 Å². The van der Waals surface area contributed by atoms with Crippen LogP contribution in [0.4, 0.5) is 5.82 Å². The topological polar surface area (TPSA) is 76.1 Å². The van der Waals surface area contributed by atoms with E-state index in [0.717, 1.165) is 16.9 Å². The van der Waals surface area contributed by atoms with Crippen LogP contribution in [0.2, 0.25) is 0 Å². The summed E-state index contributed by atoms with van der Waals surface area (Å²) in [5, 5.41) is 14.0. The van der Waals surface area contributed by atoms with Gasteiger partial charge in [-0.15, -0.1) is 10.2 Å². The van der Waals surface area contributed by atoms with Crippen molar-refractivity contribution in [1.82, 2.24) is 15.5 Å². The Labute approximate surface area is 152 Å². The van der Waals surface area contributed by atoms with Gasteiger partial charge in [-0.2, -0.15) is 0 Å². The van der Waals surface area contributed by atoms with E-state index in [9.17, 15) is 4.79 Å². The predicted molar refractivity (Wildman–Crippen MR) is 100.0 cm³/mol. The molecule has 2 aromatic carbocycles. The molecule has 1 amide bonds. The molecule has 1 heterocycles. The minimum Gasteiger partial charge on any atom is -0.497 e. The molecule has 0 bridgehead atoms. The summed E-state index contributed by atoms with van der Waals surface area (Å²) in [6.45, 7) is 1.07. The lowest BCUT2D eigenvalue weighted by Gasteiger charge is -2.07. The molecule has 0 fully saturated rings. The van der Waals surface area contributed by atoms with Crippen LogP contribution < -0.4 is 15.4 Å². The third-order valence-corrected chi connectivity index (χ3v) is 3.83. The number of aromatic nitrogens is 2. The molecule has 0 aliphatic rings. The maximum Gasteiger partial charge on any atom is 0.272 e. The van der Waals surface area contributed by atoms with E-state index in [0.29, 0.717) is 18.9 Å². The quantitative estimate of drug-likeness (QED) is 0.686. The number of nitrogens with one attached hydrogen (secondary N) is 2. The zero-order valence-electron chi connectivity index (χ0n) is 14.5. The van der Waals surface area contributed by atoms with Crippen LogP contribution in [0.15, 0.2) is 66.7 Å². The van der Waals surface area contributed by atoms with Gasteiger partial charge in [0.2, 0.25) is 0 Å². The molecule has 0 spiro atoms. The lowest BCUT2D eigenvalue weighted by Crippen LogP contribution is -2.24. The average Bonchev–Trinajstić information content (AvgIpc) is 2.72. The summed E-state index contributed by atoms with van der Waals surface area (Å²) in [5.41, 5.74) is 2.42.